The zero-order valence-electron chi connectivity index (χ0n) is 17.6. The number of piperidine rings is 1. The molecular weight excluding hydrogens is 388 g/mol. The van der Waals surface area contributed by atoms with E-state index in [-0.39, 0.29) is 11.8 Å². The average Bonchev–Trinajstić information content (AvgIpc) is 2.82. The van der Waals surface area contributed by atoms with Crippen LogP contribution in [0.3, 0.4) is 0 Å². The fourth-order valence-electron chi connectivity index (χ4n) is 4.47. The van der Waals surface area contributed by atoms with Gasteiger partial charge >= 0.3 is 0 Å². The summed E-state index contributed by atoms with van der Waals surface area (Å²) in [7, 11) is 0. The third kappa shape index (κ3) is 3.98. The number of rotatable bonds is 4. The fourth-order valence-corrected chi connectivity index (χ4v) is 4.47. The van der Waals surface area contributed by atoms with Crippen LogP contribution in [0.2, 0.25) is 0 Å². The maximum absolute atomic E-state index is 13.3. The Bertz CT molecular complexity index is 1030. The van der Waals surface area contributed by atoms with Crippen molar-refractivity contribution in [1.29, 1.82) is 0 Å². The van der Waals surface area contributed by atoms with Gasteiger partial charge in [0.2, 0.25) is 5.91 Å². The van der Waals surface area contributed by atoms with Crippen molar-refractivity contribution < 1.29 is 9.53 Å². The van der Waals surface area contributed by atoms with Gasteiger partial charge < -0.3 is 15.0 Å². The molecule has 2 aliphatic heterocycles. The number of amides is 1. The van der Waals surface area contributed by atoms with Gasteiger partial charge in [0, 0.05) is 30.8 Å². The molecule has 3 aromatic rings. The minimum atomic E-state index is -0.343. The molecule has 5 rings (SSSR count). The van der Waals surface area contributed by atoms with Gasteiger partial charge in [-0.15, -0.1) is 5.10 Å². The van der Waals surface area contributed by atoms with Crippen LogP contribution in [0.25, 0.3) is 0 Å². The maximum atomic E-state index is 13.3. The van der Waals surface area contributed by atoms with Crippen molar-refractivity contribution in [1.82, 2.24) is 15.5 Å². The van der Waals surface area contributed by atoms with Crippen LogP contribution in [-0.2, 0) is 4.79 Å². The topological polar surface area (TPSA) is 67.4 Å². The summed E-state index contributed by atoms with van der Waals surface area (Å²) in [5.41, 5.74) is 2.77. The molecule has 2 aromatic carbocycles. The second-order valence-electron chi connectivity index (χ2n) is 8.32. The lowest BCUT2D eigenvalue weighted by atomic mass is 9.87. The van der Waals surface area contributed by atoms with Gasteiger partial charge in [0.25, 0.3) is 0 Å². The molecule has 1 aromatic heterocycles. The van der Waals surface area contributed by atoms with Gasteiger partial charge in [0.05, 0.1) is 11.6 Å². The highest BCUT2D eigenvalue weighted by Crippen LogP contribution is 2.43. The lowest BCUT2D eigenvalue weighted by Gasteiger charge is -2.33. The van der Waals surface area contributed by atoms with E-state index >= 15 is 0 Å². The number of nitrogens with one attached hydrogen (secondary N) is 1. The summed E-state index contributed by atoms with van der Waals surface area (Å²) in [6.45, 7) is 4.50. The number of ether oxygens (including phenoxy) is 1. The number of anilines is 1. The third-order valence-corrected chi connectivity index (χ3v) is 6.23. The van der Waals surface area contributed by atoms with Gasteiger partial charge in [-0.05, 0) is 49.9 Å². The van der Waals surface area contributed by atoms with Gasteiger partial charge in [0.1, 0.15) is 11.5 Å². The van der Waals surface area contributed by atoms with E-state index in [0.29, 0.717) is 12.5 Å². The molecule has 0 saturated carbocycles. The van der Waals surface area contributed by atoms with Crippen molar-refractivity contribution in [3.8, 4) is 11.5 Å². The number of aryl methyl sites for hydroxylation is 1. The Morgan fingerprint density at radius 1 is 0.968 bits per heavy atom. The summed E-state index contributed by atoms with van der Waals surface area (Å²) < 4.78 is 6.02. The molecule has 6 nitrogen and oxygen atoms in total. The molecule has 1 N–H and O–H groups in total. The molecule has 0 aliphatic carbocycles. The van der Waals surface area contributed by atoms with Crippen molar-refractivity contribution in [3.05, 3.63) is 77.5 Å². The number of fused-ring (bicyclic) bond motifs is 2. The number of carbonyl (C=O) groups excluding carboxylic acids is 1. The van der Waals surface area contributed by atoms with Crippen LogP contribution in [0.15, 0.2) is 60.7 Å². The van der Waals surface area contributed by atoms with E-state index in [1.807, 2.05) is 67.6 Å². The first-order valence-electron chi connectivity index (χ1n) is 10.9. The Labute approximate surface area is 182 Å². The molecule has 0 unspecified atom stereocenters. The van der Waals surface area contributed by atoms with Crippen LogP contribution in [0, 0.1) is 12.8 Å². The quantitative estimate of drug-likeness (QED) is 0.698. The summed E-state index contributed by atoms with van der Waals surface area (Å²) in [6, 6.07) is 19.6. The van der Waals surface area contributed by atoms with E-state index < -0.39 is 0 Å². The maximum Gasteiger partial charge on any atom is 0.232 e. The van der Waals surface area contributed by atoms with Gasteiger partial charge in [0.15, 0.2) is 5.82 Å². The number of benzene rings is 2. The van der Waals surface area contributed by atoms with Crippen LogP contribution in [-0.4, -0.2) is 35.7 Å². The lowest BCUT2D eigenvalue weighted by Crippen LogP contribution is -2.40. The van der Waals surface area contributed by atoms with Crippen LogP contribution < -0.4 is 15.0 Å². The van der Waals surface area contributed by atoms with E-state index in [0.717, 1.165) is 60.1 Å². The number of hydrogen-bond acceptors (Lipinski definition) is 5. The predicted octanol–water partition coefficient (Wildman–Crippen LogP) is 4.06. The van der Waals surface area contributed by atoms with Crippen LogP contribution in [0.4, 0.5) is 5.82 Å². The third-order valence-electron chi connectivity index (χ3n) is 6.23. The molecule has 0 bridgehead atoms. The molecule has 1 amide bonds. The average molecular weight is 415 g/mol. The van der Waals surface area contributed by atoms with E-state index in [9.17, 15) is 4.79 Å². The van der Waals surface area contributed by atoms with E-state index in [4.69, 9.17) is 4.74 Å². The first-order chi connectivity index (χ1) is 15.2. The SMILES string of the molecule is Cc1ccc(N2CCC(CNC(=O)C3c4ccccc4Oc4ccccc43)CC2)nn1. The first-order valence-corrected chi connectivity index (χ1v) is 10.9. The van der Waals surface area contributed by atoms with E-state index in [1.54, 1.807) is 0 Å². The van der Waals surface area contributed by atoms with Crippen molar-refractivity contribution in [2.24, 2.45) is 5.92 Å². The molecule has 1 fully saturated rings. The highest BCUT2D eigenvalue weighted by Gasteiger charge is 2.32. The summed E-state index contributed by atoms with van der Waals surface area (Å²) in [5.74, 6) is 2.61. The monoisotopic (exact) mass is 414 g/mol. The standard InChI is InChI=1S/C25H26N4O2/c1-17-10-11-23(28-27-17)29-14-12-18(13-15-29)16-26-25(30)24-19-6-2-4-8-21(19)31-22-9-5-3-7-20(22)24/h2-11,18,24H,12-16H2,1H3,(H,26,30). The molecule has 0 spiro atoms. The molecule has 31 heavy (non-hydrogen) atoms. The van der Waals surface area contributed by atoms with Crippen molar-refractivity contribution in [2.75, 3.05) is 24.5 Å². The summed E-state index contributed by atoms with van der Waals surface area (Å²) >= 11 is 0. The van der Waals surface area contributed by atoms with Crippen molar-refractivity contribution in [3.63, 3.8) is 0 Å². The normalized spacial score (nSPS) is 16.2. The molecule has 0 radical (unpaired) electrons. The highest BCUT2D eigenvalue weighted by atomic mass is 16.5. The molecule has 158 valence electrons. The molecule has 2 aliphatic rings. The zero-order chi connectivity index (χ0) is 21.2. The minimum absolute atomic E-state index is 0.0371. The molecular formula is C25H26N4O2. The number of hydrogen-bond donors (Lipinski definition) is 1. The second kappa shape index (κ2) is 8.38. The van der Waals surface area contributed by atoms with Gasteiger partial charge in [-0.1, -0.05) is 36.4 Å². The van der Waals surface area contributed by atoms with Gasteiger partial charge in [-0.2, -0.15) is 5.10 Å². The van der Waals surface area contributed by atoms with Crippen molar-refractivity contribution in [2.45, 2.75) is 25.7 Å². The fraction of sp³-hybridized carbons (Fsp3) is 0.320. The first kappa shape index (κ1) is 19.5. The summed E-state index contributed by atoms with van der Waals surface area (Å²) in [5, 5.41) is 11.7. The van der Waals surface area contributed by atoms with Crippen molar-refractivity contribution >= 4 is 11.7 Å². The zero-order valence-corrected chi connectivity index (χ0v) is 17.6. The molecule has 1 saturated heterocycles. The van der Waals surface area contributed by atoms with Gasteiger partial charge in [-0.3, -0.25) is 4.79 Å². The molecule has 0 atom stereocenters. The summed E-state index contributed by atoms with van der Waals surface area (Å²) in [4.78, 5) is 15.6. The largest absolute Gasteiger partial charge is 0.457 e. The number of para-hydroxylation sites is 2. The second-order valence-corrected chi connectivity index (χ2v) is 8.32. The number of nitrogens with zero attached hydrogens (tertiary/aromatic N) is 3. The number of carbonyl (C=O) groups is 1. The van der Waals surface area contributed by atoms with E-state index in [1.165, 1.54) is 0 Å². The van der Waals surface area contributed by atoms with E-state index in [2.05, 4.69) is 20.4 Å². The lowest BCUT2D eigenvalue weighted by molar-refractivity contribution is -0.122. The predicted molar refractivity (Wildman–Crippen MR) is 120 cm³/mol. The van der Waals surface area contributed by atoms with Crippen LogP contribution in [0.5, 0.6) is 11.5 Å². The minimum Gasteiger partial charge on any atom is -0.457 e. The smallest absolute Gasteiger partial charge is 0.232 e. The Morgan fingerprint density at radius 2 is 1.61 bits per heavy atom. The van der Waals surface area contributed by atoms with Crippen LogP contribution >= 0.6 is 0 Å². The van der Waals surface area contributed by atoms with Crippen LogP contribution in [0.1, 0.15) is 35.6 Å². The highest BCUT2D eigenvalue weighted by molar-refractivity contribution is 5.89. The number of aromatic nitrogens is 2. The summed E-state index contributed by atoms with van der Waals surface area (Å²) in [6.07, 6.45) is 2.05. The molecule has 3 heterocycles. The Balaban J connectivity index is 1.23. The van der Waals surface area contributed by atoms with Gasteiger partial charge in [-0.25, -0.2) is 0 Å². The Hall–Kier alpha value is -3.41. The molecule has 6 heteroatoms. The Kier molecular flexibility index (Phi) is 5.28. The Morgan fingerprint density at radius 3 is 2.23 bits per heavy atom.